The van der Waals surface area contributed by atoms with E-state index in [1.54, 1.807) is 14.0 Å². The molecule has 2 rings (SSSR count). The summed E-state index contributed by atoms with van der Waals surface area (Å²) in [4.78, 5) is 30.8. The van der Waals surface area contributed by atoms with Crippen molar-refractivity contribution >= 4 is 11.8 Å². The maximum Gasteiger partial charge on any atom is 0.364 e. The zero-order chi connectivity index (χ0) is 16.1. The Hall–Kier alpha value is -1.99. The van der Waals surface area contributed by atoms with Gasteiger partial charge in [-0.3, -0.25) is 9.36 Å². The lowest BCUT2D eigenvalue weighted by molar-refractivity contribution is 0.0355. The van der Waals surface area contributed by atoms with Crippen LogP contribution in [-0.4, -0.2) is 29.6 Å². The minimum atomic E-state index is -0.509. The van der Waals surface area contributed by atoms with E-state index >= 15 is 0 Å². The first kappa shape index (κ1) is 16.4. The summed E-state index contributed by atoms with van der Waals surface area (Å²) in [6, 6.07) is 9.51. The van der Waals surface area contributed by atoms with Crippen LogP contribution in [0.1, 0.15) is 5.56 Å². The van der Waals surface area contributed by atoms with Gasteiger partial charge < -0.3 is 9.57 Å². The van der Waals surface area contributed by atoms with Crippen LogP contribution < -0.4 is 16.1 Å². The van der Waals surface area contributed by atoms with Crippen molar-refractivity contribution in [1.29, 1.82) is 0 Å². The molecule has 22 heavy (non-hydrogen) atoms. The normalized spacial score (nSPS) is 10.7. The van der Waals surface area contributed by atoms with Crippen molar-refractivity contribution in [2.45, 2.75) is 16.8 Å². The fourth-order valence-corrected chi connectivity index (χ4v) is 2.82. The Kier molecular flexibility index (Phi) is 5.46. The molecule has 7 heteroatoms. The van der Waals surface area contributed by atoms with Gasteiger partial charge in [0.05, 0.1) is 6.61 Å². The Balaban J connectivity index is 2.49. The molecule has 0 radical (unpaired) electrons. The summed E-state index contributed by atoms with van der Waals surface area (Å²) in [5.41, 5.74) is -0.367. The summed E-state index contributed by atoms with van der Waals surface area (Å²) in [7, 11) is 2.99. The summed E-state index contributed by atoms with van der Waals surface area (Å²) >= 11 is 1.32. The van der Waals surface area contributed by atoms with E-state index < -0.39 is 5.69 Å². The van der Waals surface area contributed by atoms with E-state index in [0.29, 0.717) is 17.2 Å². The van der Waals surface area contributed by atoms with Gasteiger partial charge in [0.1, 0.15) is 11.6 Å². The quantitative estimate of drug-likeness (QED) is 0.588. The van der Waals surface area contributed by atoms with Gasteiger partial charge in [-0.15, -0.1) is 4.73 Å². The molecule has 1 aromatic heterocycles. The lowest BCUT2D eigenvalue weighted by Crippen LogP contribution is -2.43. The van der Waals surface area contributed by atoms with E-state index in [0.717, 1.165) is 14.2 Å². The number of rotatable bonds is 6. The molecule has 0 aliphatic carbocycles. The van der Waals surface area contributed by atoms with Crippen LogP contribution in [0.3, 0.4) is 0 Å². The fraction of sp³-hybridized carbons (Fsp3) is 0.333. The lowest BCUT2D eigenvalue weighted by atomic mass is 10.4. The first-order valence-electron chi connectivity index (χ1n) is 6.74. The summed E-state index contributed by atoms with van der Waals surface area (Å²) < 4.78 is 7.13. The highest BCUT2D eigenvalue weighted by Gasteiger charge is 2.16. The van der Waals surface area contributed by atoms with Crippen LogP contribution in [0.15, 0.2) is 49.8 Å². The van der Waals surface area contributed by atoms with Crippen LogP contribution in [0.5, 0.6) is 0 Å². The molecule has 0 aliphatic rings. The Morgan fingerprint density at radius 3 is 2.45 bits per heavy atom. The summed E-state index contributed by atoms with van der Waals surface area (Å²) in [6.45, 7) is 2.25. The Bertz CT molecular complexity index is 753. The zero-order valence-electron chi connectivity index (χ0n) is 12.7. The van der Waals surface area contributed by atoms with Crippen molar-refractivity contribution in [2.24, 2.45) is 7.05 Å². The first-order valence-corrected chi connectivity index (χ1v) is 7.55. The summed E-state index contributed by atoms with van der Waals surface area (Å²) in [5, 5.41) is 0.482. The molecule has 0 spiro atoms. The largest absolute Gasteiger partial charge is 0.406 e. The number of nitrogens with zero attached hydrogens (tertiary/aromatic N) is 2. The molecule has 0 saturated carbocycles. The first-order chi connectivity index (χ1) is 10.6. The van der Waals surface area contributed by atoms with Gasteiger partial charge in [-0.05, 0) is 19.1 Å². The van der Waals surface area contributed by atoms with E-state index in [2.05, 4.69) is 0 Å². The van der Waals surface area contributed by atoms with Gasteiger partial charge in [-0.25, -0.2) is 4.79 Å². The smallest absolute Gasteiger partial charge is 0.364 e. The molecule has 6 nitrogen and oxygen atoms in total. The number of hydrogen-bond donors (Lipinski definition) is 0. The Labute approximate surface area is 132 Å². The van der Waals surface area contributed by atoms with Crippen molar-refractivity contribution < 1.29 is 9.57 Å². The number of ether oxygens (including phenoxy) is 1. The molecule has 1 aromatic carbocycles. The van der Waals surface area contributed by atoms with Crippen LogP contribution in [0.4, 0.5) is 0 Å². The third-order valence-electron chi connectivity index (χ3n) is 3.06. The lowest BCUT2D eigenvalue weighted by Gasteiger charge is -2.16. The molecule has 0 aliphatic heterocycles. The number of benzene rings is 1. The van der Waals surface area contributed by atoms with Crippen molar-refractivity contribution in [2.75, 3.05) is 20.3 Å². The molecule has 1 heterocycles. The highest BCUT2D eigenvalue weighted by Crippen LogP contribution is 2.27. The third kappa shape index (κ3) is 3.42. The van der Waals surface area contributed by atoms with Crippen molar-refractivity contribution in [3.63, 3.8) is 0 Å². The Morgan fingerprint density at radius 1 is 1.14 bits per heavy atom. The van der Waals surface area contributed by atoms with E-state index in [1.165, 1.54) is 18.8 Å². The second kappa shape index (κ2) is 7.33. The van der Waals surface area contributed by atoms with Crippen LogP contribution in [0, 0.1) is 6.92 Å². The average Bonchev–Trinajstić information content (AvgIpc) is 2.54. The van der Waals surface area contributed by atoms with E-state index in [9.17, 15) is 9.59 Å². The number of hydrogen-bond acceptors (Lipinski definition) is 5. The molecule has 0 atom stereocenters. The van der Waals surface area contributed by atoms with Crippen molar-refractivity contribution in [1.82, 2.24) is 9.30 Å². The van der Waals surface area contributed by atoms with Crippen LogP contribution in [0.25, 0.3) is 0 Å². The van der Waals surface area contributed by atoms with Gasteiger partial charge in [0.25, 0.3) is 5.56 Å². The zero-order valence-corrected chi connectivity index (χ0v) is 13.6. The highest BCUT2D eigenvalue weighted by molar-refractivity contribution is 7.99. The summed E-state index contributed by atoms with van der Waals surface area (Å²) in [6.07, 6.45) is 0. The SMILES string of the molecule is COCCOn1c(Sc2ccccc2)c(C)c(=O)n(C)c1=O. The number of aromatic nitrogens is 2. The standard InChI is InChI=1S/C15H18N2O4S/c1-11-13(18)16(2)15(19)17(21-10-9-20-3)14(11)22-12-7-5-4-6-8-12/h4-8H,9-10H2,1-3H3. The molecule has 0 fully saturated rings. The van der Waals surface area contributed by atoms with E-state index in [1.807, 2.05) is 30.3 Å². The van der Waals surface area contributed by atoms with Gasteiger partial charge in [0.2, 0.25) is 0 Å². The second-order valence-corrected chi connectivity index (χ2v) is 5.67. The highest BCUT2D eigenvalue weighted by atomic mass is 32.2. The summed E-state index contributed by atoms with van der Waals surface area (Å²) in [5.74, 6) is 0. The molecule has 0 unspecified atom stereocenters. The van der Waals surface area contributed by atoms with Gasteiger partial charge >= 0.3 is 5.69 Å². The predicted octanol–water partition coefficient (Wildman–Crippen LogP) is 1.08. The molecule has 0 saturated heterocycles. The fourth-order valence-electron chi connectivity index (χ4n) is 1.85. The average molecular weight is 322 g/mol. The Morgan fingerprint density at radius 2 is 1.82 bits per heavy atom. The van der Waals surface area contributed by atoms with Crippen LogP contribution in [-0.2, 0) is 11.8 Å². The molecular weight excluding hydrogens is 304 g/mol. The molecule has 0 bridgehead atoms. The number of methoxy groups -OCH3 is 1. The monoisotopic (exact) mass is 322 g/mol. The topological polar surface area (TPSA) is 62.5 Å². The van der Waals surface area contributed by atoms with Gasteiger partial charge in [0.15, 0.2) is 0 Å². The third-order valence-corrected chi connectivity index (χ3v) is 4.23. The maximum atomic E-state index is 12.3. The van der Waals surface area contributed by atoms with Crippen LogP contribution >= 0.6 is 11.8 Å². The minimum absolute atomic E-state index is 0.219. The van der Waals surface area contributed by atoms with Gasteiger partial charge in [-0.2, -0.15) is 0 Å². The van der Waals surface area contributed by atoms with E-state index in [-0.39, 0.29) is 12.2 Å². The molecule has 0 N–H and O–H groups in total. The maximum absolute atomic E-state index is 12.3. The van der Waals surface area contributed by atoms with E-state index in [4.69, 9.17) is 9.57 Å². The van der Waals surface area contributed by atoms with Crippen molar-refractivity contribution in [3.8, 4) is 0 Å². The van der Waals surface area contributed by atoms with Gasteiger partial charge in [0, 0.05) is 24.6 Å². The van der Waals surface area contributed by atoms with Crippen molar-refractivity contribution in [3.05, 3.63) is 56.7 Å². The van der Waals surface area contributed by atoms with Gasteiger partial charge in [-0.1, -0.05) is 30.0 Å². The second-order valence-electron chi connectivity index (χ2n) is 4.61. The minimum Gasteiger partial charge on any atom is -0.406 e. The molecule has 0 amide bonds. The molecule has 2 aromatic rings. The van der Waals surface area contributed by atoms with Crippen LogP contribution in [0.2, 0.25) is 0 Å². The predicted molar refractivity (Wildman–Crippen MR) is 84.6 cm³/mol. The molecule has 118 valence electrons. The molecular formula is C15H18N2O4S.